The van der Waals surface area contributed by atoms with E-state index in [1.54, 1.807) is 65.6 Å². The van der Waals surface area contributed by atoms with Gasteiger partial charge in [0.15, 0.2) is 23.1 Å². The number of likely N-dealkylation sites (tertiary alicyclic amines) is 1. The molecule has 57 heavy (non-hydrogen) atoms. The number of amides is 2. The molecule has 306 valence electrons. The maximum atomic E-state index is 14.0. The van der Waals surface area contributed by atoms with Gasteiger partial charge in [0.1, 0.15) is 0 Å². The van der Waals surface area contributed by atoms with Crippen LogP contribution in [0.25, 0.3) is 0 Å². The number of nitrogens with one attached hydrogen (secondary N) is 4. The second-order valence-corrected chi connectivity index (χ2v) is 14.6. The molecule has 12 heteroatoms. The molecule has 3 aromatic rings. The predicted molar refractivity (Wildman–Crippen MR) is 220 cm³/mol. The summed E-state index contributed by atoms with van der Waals surface area (Å²) in [7, 11) is 0. The Balaban J connectivity index is 1.33. The molecule has 4 atom stereocenters. The number of benzene rings is 3. The first kappa shape index (κ1) is 43.2. The summed E-state index contributed by atoms with van der Waals surface area (Å²) < 4.78 is 7.70. The highest BCUT2D eigenvalue weighted by Gasteiger charge is 2.31. The van der Waals surface area contributed by atoms with Gasteiger partial charge in [0.25, 0.3) is 0 Å². The van der Waals surface area contributed by atoms with E-state index in [0.717, 1.165) is 0 Å². The largest absolute Gasteiger partial charge is 0.391 e. The van der Waals surface area contributed by atoms with Crippen LogP contribution in [-0.4, -0.2) is 109 Å². The molecule has 0 saturated carbocycles. The van der Waals surface area contributed by atoms with E-state index >= 15 is 0 Å². The summed E-state index contributed by atoms with van der Waals surface area (Å²) in [5, 5.41) is 22.4. The zero-order valence-electron chi connectivity index (χ0n) is 33.8. The molecule has 1 aliphatic heterocycles. The Morgan fingerprint density at radius 2 is 1.25 bits per heavy atom. The Kier molecular flexibility index (Phi) is 18.7. The Bertz CT molecular complexity index is 1750. The van der Waals surface area contributed by atoms with Crippen molar-refractivity contribution in [3.8, 4) is 0 Å². The zero-order chi connectivity index (χ0) is 41.5. The topological polar surface area (TPSA) is 174 Å². The van der Waals surface area contributed by atoms with Crippen molar-refractivity contribution >= 4 is 34.9 Å². The van der Waals surface area contributed by atoms with Gasteiger partial charge in [-0.05, 0) is 58.5 Å². The fourth-order valence-corrected chi connectivity index (χ4v) is 6.89. The lowest BCUT2D eigenvalue weighted by atomic mass is 9.91. The molecule has 2 amide bonds. The van der Waals surface area contributed by atoms with Gasteiger partial charge in [0.05, 0.1) is 31.8 Å². The number of ketones is 4. The maximum absolute atomic E-state index is 14.0. The second-order valence-electron chi connectivity index (χ2n) is 14.6. The molecule has 1 fully saturated rings. The fraction of sp³-hybridized carbons (Fsp3) is 0.467. The van der Waals surface area contributed by atoms with Crippen molar-refractivity contribution in [1.29, 1.82) is 0 Å². The van der Waals surface area contributed by atoms with Crippen LogP contribution in [-0.2, 0) is 14.4 Å². The van der Waals surface area contributed by atoms with Gasteiger partial charge in [-0.15, -0.1) is 0 Å². The molecule has 0 radical (unpaired) electrons. The number of nitrogens with zero attached hydrogens (tertiary/aromatic N) is 1. The summed E-state index contributed by atoms with van der Waals surface area (Å²) in [5.41, 5.74) is 1.77. The van der Waals surface area contributed by atoms with E-state index in [2.05, 4.69) is 21.3 Å². The molecule has 1 saturated heterocycles. The average Bonchev–Trinajstić information content (AvgIpc) is 3.65. The van der Waals surface area contributed by atoms with Gasteiger partial charge in [0.2, 0.25) is 11.8 Å². The van der Waals surface area contributed by atoms with Crippen LogP contribution in [0.2, 0.25) is 0 Å². The van der Waals surface area contributed by atoms with Crippen molar-refractivity contribution in [3.63, 3.8) is 0 Å². The van der Waals surface area contributed by atoms with E-state index in [9.17, 15) is 33.9 Å². The minimum absolute atomic E-state index is 0.00660. The smallest absolute Gasteiger partial charge is 0.223 e. The van der Waals surface area contributed by atoms with Crippen LogP contribution in [0.3, 0.4) is 0 Å². The van der Waals surface area contributed by atoms with Gasteiger partial charge in [-0.3, -0.25) is 28.8 Å². The second kappa shape index (κ2) is 24.7. The van der Waals surface area contributed by atoms with E-state index in [-0.39, 0.29) is 93.5 Å². The van der Waals surface area contributed by atoms with Crippen LogP contribution < -0.4 is 21.3 Å². The standard InChI is InChI=1S/C45H59N5O7/c1-33-27-38(51)32-50(33)44(56)23-14-26-48-45(57)37(21-13-25-47-30-42(54)35-17-7-3-8-18-35)28-40(52)39(49-31-43(55)36-19-9-4-10-20-36)22-11-12-24-46-29-41(53)34-15-5-2-6-16-34/h2-10,15-20,33,37-39,46-47,49,51H,11-14,21-32H2,1H3,(H,48,57)/t33-,37?,38-,39?/m1/s1/i1D. The van der Waals surface area contributed by atoms with E-state index in [0.29, 0.717) is 74.7 Å². The SMILES string of the molecule is [2H]C[C@@H]1C[C@@H](O)CN1C(=O)CCCNC(=O)C(CCCNCC(=O)c1ccccc1)CC(=O)C(CCCCNCC(=O)c1ccccc1)NCC(=O)c1ccccc1. The summed E-state index contributed by atoms with van der Waals surface area (Å²) in [6.07, 6.45) is 2.86. The number of hydrogen-bond donors (Lipinski definition) is 5. The Morgan fingerprint density at radius 1 is 0.702 bits per heavy atom. The van der Waals surface area contributed by atoms with E-state index in [4.69, 9.17) is 1.37 Å². The van der Waals surface area contributed by atoms with E-state index < -0.39 is 18.1 Å². The number of hydrogen-bond acceptors (Lipinski definition) is 10. The van der Waals surface area contributed by atoms with Gasteiger partial charge in [-0.2, -0.15) is 0 Å². The molecule has 5 N–H and O–H groups in total. The molecule has 1 aliphatic rings. The number of carbonyl (C=O) groups is 6. The summed E-state index contributed by atoms with van der Waals surface area (Å²) >= 11 is 0. The number of carbonyl (C=O) groups excluding carboxylic acids is 6. The van der Waals surface area contributed by atoms with Crippen LogP contribution in [0, 0.1) is 5.92 Å². The third-order valence-corrected chi connectivity index (χ3v) is 10.2. The zero-order valence-corrected chi connectivity index (χ0v) is 32.8. The van der Waals surface area contributed by atoms with Crippen LogP contribution in [0.4, 0.5) is 0 Å². The van der Waals surface area contributed by atoms with Crippen molar-refractivity contribution in [1.82, 2.24) is 26.2 Å². The first-order chi connectivity index (χ1) is 28.2. The lowest BCUT2D eigenvalue weighted by Gasteiger charge is -2.22. The number of unbranched alkanes of at least 4 members (excludes halogenated alkanes) is 1. The van der Waals surface area contributed by atoms with Crippen LogP contribution in [0.1, 0.15) is 97.1 Å². The van der Waals surface area contributed by atoms with Crippen molar-refractivity contribution in [2.24, 2.45) is 5.92 Å². The molecule has 12 nitrogen and oxygen atoms in total. The highest BCUT2D eigenvalue weighted by atomic mass is 16.3. The molecular formula is C45H59N5O7. The van der Waals surface area contributed by atoms with Crippen molar-refractivity contribution < 1.29 is 35.2 Å². The maximum Gasteiger partial charge on any atom is 0.223 e. The molecule has 1 heterocycles. The molecular weight excluding hydrogens is 723 g/mol. The third-order valence-electron chi connectivity index (χ3n) is 10.2. The Labute approximate surface area is 338 Å². The highest BCUT2D eigenvalue weighted by Crippen LogP contribution is 2.19. The van der Waals surface area contributed by atoms with Gasteiger partial charge in [0, 0.05) is 56.0 Å². The first-order valence-corrected chi connectivity index (χ1v) is 20.1. The number of Topliss-reactive ketones (excluding diaryl/α,β-unsaturated/α-hetero) is 4. The molecule has 0 aromatic heterocycles. The van der Waals surface area contributed by atoms with Gasteiger partial charge >= 0.3 is 0 Å². The fourth-order valence-electron chi connectivity index (χ4n) is 6.89. The van der Waals surface area contributed by atoms with Crippen molar-refractivity contribution in [2.45, 2.75) is 82.9 Å². The summed E-state index contributed by atoms with van der Waals surface area (Å²) in [6.45, 7) is 1.75. The van der Waals surface area contributed by atoms with Crippen molar-refractivity contribution in [3.05, 3.63) is 108 Å². The summed E-state index contributed by atoms with van der Waals surface area (Å²) in [5.74, 6) is -1.56. The van der Waals surface area contributed by atoms with Crippen LogP contribution >= 0.6 is 0 Å². The normalized spacial score (nSPS) is 16.4. The average molecular weight is 783 g/mol. The quantitative estimate of drug-likeness (QED) is 0.0558. The number of aliphatic hydroxyl groups excluding tert-OH is 1. The van der Waals surface area contributed by atoms with Gasteiger partial charge in [-0.1, -0.05) is 97.4 Å². The summed E-state index contributed by atoms with van der Waals surface area (Å²) in [4.78, 5) is 80.1. The molecule has 0 aliphatic carbocycles. The summed E-state index contributed by atoms with van der Waals surface area (Å²) in [6, 6.07) is 25.9. The molecule has 0 spiro atoms. The molecule has 3 aromatic carbocycles. The van der Waals surface area contributed by atoms with Crippen LogP contribution in [0.15, 0.2) is 91.0 Å². The Morgan fingerprint density at radius 3 is 1.81 bits per heavy atom. The minimum Gasteiger partial charge on any atom is -0.391 e. The predicted octanol–water partition coefficient (Wildman–Crippen LogP) is 4.18. The lowest BCUT2D eigenvalue weighted by Crippen LogP contribution is -2.42. The number of rotatable bonds is 27. The van der Waals surface area contributed by atoms with Gasteiger partial charge < -0.3 is 31.3 Å². The number of β-amino-alcohol motifs (C(OH)–C–C–N with tert-alkyl or cyclic N) is 1. The molecule has 0 bridgehead atoms. The van der Waals surface area contributed by atoms with E-state index in [1.165, 1.54) is 0 Å². The van der Waals surface area contributed by atoms with Crippen LogP contribution in [0.5, 0.6) is 0 Å². The monoisotopic (exact) mass is 782 g/mol. The Hall–Kier alpha value is -4.88. The highest BCUT2D eigenvalue weighted by molar-refractivity contribution is 5.99. The molecule has 2 unspecified atom stereocenters. The third kappa shape index (κ3) is 15.9. The minimum atomic E-state index is -0.686. The van der Waals surface area contributed by atoms with Crippen molar-refractivity contribution in [2.75, 3.05) is 45.8 Å². The lowest BCUT2D eigenvalue weighted by molar-refractivity contribution is -0.132. The molecule has 4 rings (SSSR count). The van der Waals surface area contributed by atoms with Gasteiger partial charge in [-0.25, -0.2) is 0 Å². The first-order valence-electron chi connectivity index (χ1n) is 20.8. The number of aliphatic hydroxyl groups is 1. The van der Waals surface area contributed by atoms with E-state index in [1.807, 2.05) is 30.3 Å².